The van der Waals surface area contributed by atoms with Crippen molar-refractivity contribution in [1.29, 1.82) is 0 Å². The first-order chi connectivity index (χ1) is 7.74. The molecule has 2 N–H and O–H groups in total. The van der Waals surface area contributed by atoms with Gasteiger partial charge in [-0.3, -0.25) is 0 Å². The highest BCUT2D eigenvalue weighted by molar-refractivity contribution is 8.00. The molecule has 0 aromatic rings. The highest BCUT2D eigenvalue weighted by Crippen LogP contribution is 2.42. The molecule has 1 saturated carbocycles. The lowest BCUT2D eigenvalue weighted by atomic mass is 9.80. The molecule has 16 heavy (non-hydrogen) atoms. The Kier molecular flexibility index (Phi) is 4.57. The van der Waals surface area contributed by atoms with Crippen LogP contribution >= 0.6 is 11.8 Å². The van der Waals surface area contributed by atoms with Crippen LogP contribution in [0.2, 0.25) is 0 Å². The first-order valence-electron chi connectivity index (χ1n) is 6.74. The van der Waals surface area contributed by atoms with Gasteiger partial charge in [0.15, 0.2) is 0 Å². The van der Waals surface area contributed by atoms with Crippen LogP contribution in [-0.4, -0.2) is 29.3 Å². The molecule has 0 amide bonds. The van der Waals surface area contributed by atoms with E-state index in [0.717, 1.165) is 18.4 Å². The van der Waals surface area contributed by atoms with E-state index in [1.54, 1.807) is 0 Å². The molecule has 0 aromatic carbocycles. The maximum atomic E-state index is 6.11. The minimum Gasteiger partial charge on any atom is -0.375 e. The molecule has 0 bridgehead atoms. The third-order valence-electron chi connectivity index (χ3n) is 3.97. The molecule has 1 heterocycles. The summed E-state index contributed by atoms with van der Waals surface area (Å²) in [5.74, 6) is 0. The summed E-state index contributed by atoms with van der Waals surface area (Å²) in [6, 6.07) is 0. The predicted octanol–water partition coefficient (Wildman–Crippen LogP) is 2.95. The van der Waals surface area contributed by atoms with Crippen LogP contribution in [0.4, 0.5) is 0 Å². The van der Waals surface area contributed by atoms with E-state index in [0.29, 0.717) is 5.25 Å². The van der Waals surface area contributed by atoms with Gasteiger partial charge >= 0.3 is 0 Å². The SMILES string of the molecule is CC(CN)SC1CCOC2(CCCCC2)C1. The zero-order valence-electron chi connectivity index (χ0n) is 10.4. The van der Waals surface area contributed by atoms with Crippen LogP contribution in [-0.2, 0) is 4.74 Å². The highest BCUT2D eigenvalue weighted by atomic mass is 32.2. The van der Waals surface area contributed by atoms with E-state index in [4.69, 9.17) is 10.5 Å². The number of nitrogens with two attached hydrogens (primary N) is 1. The number of thioether (sulfide) groups is 1. The Balaban J connectivity index is 1.87. The van der Waals surface area contributed by atoms with Crippen molar-refractivity contribution in [3.05, 3.63) is 0 Å². The number of rotatable bonds is 3. The smallest absolute Gasteiger partial charge is 0.0693 e. The average molecular weight is 243 g/mol. The number of hydrogen-bond acceptors (Lipinski definition) is 3. The first kappa shape index (κ1) is 12.7. The summed E-state index contributed by atoms with van der Waals surface area (Å²) < 4.78 is 6.11. The van der Waals surface area contributed by atoms with Gasteiger partial charge in [0.1, 0.15) is 0 Å². The average Bonchev–Trinajstić information content (AvgIpc) is 2.30. The fraction of sp³-hybridized carbons (Fsp3) is 1.00. The Labute approximate surface area is 104 Å². The third kappa shape index (κ3) is 3.14. The quantitative estimate of drug-likeness (QED) is 0.827. The molecule has 94 valence electrons. The van der Waals surface area contributed by atoms with Gasteiger partial charge in [0.05, 0.1) is 5.60 Å². The Morgan fingerprint density at radius 3 is 2.81 bits per heavy atom. The number of ether oxygens (including phenoxy) is 1. The van der Waals surface area contributed by atoms with E-state index in [9.17, 15) is 0 Å². The molecule has 3 heteroatoms. The summed E-state index contributed by atoms with van der Waals surface area (Å²) in [6.07, 6.45) is 9.21. The van der Waals surface area contributed by atoms with Crippen molar-refractivity contribution in [2.24, 2.45) is 5.73 Å². The van der Waals surface area contributed by atoms with Crippen LogP contribution in [0.25, 0.3) is 0 Å². The first-order valence-corrected chi connectivity index (χ1v) is 7.68. The van der Waals surface area contributed by atoms with E-state index < -0.39 is 0 Å². The molecule has 2 unspecified atom stereocenters. The van der Waals surface area contributed by atoms with Gasteiger partial charge in [-0.15, -0.1) is 0 Å². The summed E-state index contributed by atoms with van der Waals surface area (Å²) in [7, 11) is 0. The summed E-state index contributed by atoms with van der Waals surface area (Å²) in [5, 5.41) is 1.38. The fourth-order valence-electron chi connectivity index (χ4n) is 3.03. The Bertz CT molecular complexity index is 210. The molecule has 2 nitrogen and oxygen atoms in total. The van der Waals surface area contributed by atoms with Gasteiger partial charge in [0.2, 0.25) is 0 Å². The molecule has 2 rings (SSSR count). The molecule has 2 fully saturated rings. The molecule has 2 atom stereocenters. The van der Waals surface area contributed by atoms with Crippen molar-refractivity contribution >= 4 is 11.8 Å². The second-order valence-corrected chi connectivity index (χ2v) is 7.13. The maximum absolute atomic E-state index is 6.11. The van der Waals surface area contributed by atoms with Gasteiger partial charge in [0, 0.05) is 23.7 Å². The standard InChI is InChI=1S/C13H25NOS/c1-11(10-14)16-12-5-8-15-13(9-12)6-3-2-4-7-13/h11-12H,2-10,14H2,1H3. The Morgan fingerprint density at radius 1 is 1.38 bits per heavy atom. The summed E-state index contributed by atoms with van der Waals surface area (Å²) in [6.45, 7) is 4.01. The highest BCUT2D eigenvalue weighted by Gasteiger charge is 2.38. The van der Waals surface area contributed by atoms with Gasteiger partial charge in [-0.25, -0.2) is 0 Å². The van der Waals surface area contributed by atoms with Crippen LogP contribution in [0.3, 0.4) is 0 Å². The fourth-order valence-corrected chi connectivity index (χ4v) is 4.43. The van der Waals surface area contributed by atoms with Crippen LogP contribution < -0.4 is 5.73 Å². The van der Waals surface area contributed by atoms with E-state index in [2.05, 4.69) is 18.7 Å². The van der Waals surface area contributed by atoms with Crippen LogP contribution in [0.15, 0.2) is 0 Å². The monoisotopic (exact) mass is 243 g/mol. The van der Waals surface area contributed by atoms with E-state index in [1.165, 1.54) is 44.9 Å². The maximum Gasteiger partial charge on any atom is 0.0693 e. The molecule has 1 spiro atoms. The second kappa shape index (κ2) is 5.74. The molecule has 2 aliphatic rings. The van der Waals surface area contributed by atoms with Crippen molar-refractivity contribution in [2.45, 2.75) is 68.0 Å². The van der Waals surface area contributed by atoms with Crippen molar-refractivity contribution in [2.75, 3.05) is 13.2 Å². The third-order valence-corrected chi connectivity index (χ3v) is 5.41. The molecule has 0 radical (unpaired) electrons. The second-order valence-electron chi connectivity index (χ2n) is 5.39. The number of hydrogen-bond donors (Lipinski definition) is 1. The predicted molar refractivity (Wildman–Crippen MR) is 70.9 cm³/mol. The van der Waals surface area contributed by atoms with Gasteiger partial charge in [-0.1, -0.05) is 26.2 Å². The van der Waals surface area contributed by atoms with Crippen LogP contribution in [0.5, 0.6) is 0 Å². The molecular formula is C13H25NOS. The van der Waals surface area contributed by atoms with Crippen LogP contribution in [0.1, 0.15) is 51.9 Å². The minimum atomic E-state index is 0.252. The zero-order chi connectivity index (χ0) is 11.4. The molecule has 0 aromatic heterocycles. The van der Waals surface area contributed by atoms with Crippen molar-refractivity contribution in [3.8, 4) is 0 Å². The lowest BCUT2D eigenvalue weighted by Gasteiger charge is -2.43. The molecule has 1 aliphatic carbocycles. The summed E-state index contributed by atoms with van der Waals surface area (Å²) >= 11 is 2.08. The lowest BCUT2D eigenvalue weighted by molar-refractivity contribution is -0.0971. The van der Waals surface area contributed by atoms with Gasteiger partial charge in [0.25, 0.3) is 0 Å². The summed E-state index contributed by atoms with van der Waals surface area (Å²) in [5.41, 5.74) is 5.96. The van der Waals surface area contributed by atoms with Gasteiger partial charge in [-0.2, -0.15) is 11.8 Å². The minimum absolute atomic E-state index is 0.252. The Morgan fingerprint density at radius 2 is 2.12 bits per heavy atom. The largest absolute Gasteiger partial charge is 0.375 e. The van der Waals surface area contributed by atoms with Gasteiger partial charge < -0.3 is 10.5 Å². The van der Waals surface area contributed by atoms with E-state index in [1.807, 2.05) is 0 Å². The van der Waals surface area contributed by atoms with Crippen molar-refractivity contribution < 1.29 is 4.74 Å². The van der Waals surface area contributed by atoms with Crippen molar-refractivity contribution in [3.63, 3.8) is 0 Å². The van der Waals surface area contributed by atoms with Crippen molar-refractivity contribution in [1.82, 2.24) is 0 Å². The lowest BCUT2D eigenvalue weighted by Crippen LogP contribution is -2.43. The van der Waals surface area contributed by atoms with E-state index in [-0.39, 0.29) is 5.60 Å². The topological polar surface area (TPSA) is 35.2 Å². The molecular weight excluding hydrogens is 218 g/mol. The molecule has 1 aliphatic heterocycles. The zero-order valence-corrected chi connectivity index (χ0v) is 11.2. The normalized spacial score (nSPS) is 31.5. The van der Waals surface area contributed by atoms with Gasteiger partial charge in [-0.05, 0) is 25.7 Å². The van der Waals surface area contributed by atoms with E-state index >= 15 is 0 Å². The molecule has 1 saturated heterocycles. The summed E-state index contributed by atoms with van der Waals surface area (Å²) in [4.78, 5) is 0. The Hall–Kier alpha value is 0.270. The van der Waals surface area contributed by atoms with Crippen LogP contribution in [0, 0.1) is 0 Å².